The smallest absolute Gasteiger partial charge is 0.201 e. The molecule has 0 spiro atoms. The van der Waals surface area contributed by atoms with Gasteiger partial charge in [0.1, 0.15) is 0 Å². The lowest BCUT2D eigenvalue weighted by Gasteiger charge is -2.48. The molecule has 0 heterocycles. The highest BCUT2D eigenvalue weighted by Crippen LogP contribution is 2.46. The van der Waals surface area contributed by atoms with E-state index in [0.717, 1.165) is 6.42 Å². The normalized spacial score (nSPS) is 24.8. The van der Waals surface area contributed by atoms with Gasteiger partial charge in [-0.15, -0.1) is 0 Å². The van der Waals surface area contributed by atoms with Crippen LogP contribution in [0.25, 0.3) is 0 Å². The molecule has 0 aliphatic heterocycles. The highest BCUT2D eigenvalue weighted by Gasteiger charge is 2.49. The van der Waals surface area contributed by atoms with E-state index in [4.69, 9.17) is 4.43 Å². The van der Waals surface area contributed by atoms with Crippen LogP contribution in [0.2, 0.25) is 16.6 Å². The minimum absolute atomic E-state index is 0.202. The fourth-order valence-corrected chi connectivity index (χ4v) is 9.51. The standard InChI is InChI=1S/C16H30O2Si/c1-12(2)19(13(3)4,14(5)6)18-16(7)10-8-9-15(17)11-16/h8-9,12-14H,10-11H2,1-7H3. The van der Waals surface area contributed by atoms with Gasteiger partial charge in [-0.25, -0.2) is 0 Å². The first-order chi connectivity index (χ1) is 8.64. The minimum atomic E-state index is -1.90. The summed E-state index contributed by atoms with van der Waals surface area (Å²) in [7, 11) is -1.90. The van der Waals surface area contributed by atoms with Crippen molar-refractivity contribution in [2.45, 2.75) is 83.5 Å². The fraction of sp³-hybridized carbons (Fsp3) is 0.812. The first-order valence-electron chi connectivity index (χ1n) is 7.53. The van der Waals surface area contributed by atoms with E-state index in [1.165, 1.54) is 0 Å². The zero-order valence-corrected chi connectivity index (χ0v) is 14.6. The Hall–Kier alpha value is -0.413. The van der Waals surface area contributed by atoms with Gasteiger partial charge < -0.3 is 4.43 Å². The van der Waals surface area contributed by atoms with Crippen LogP contribution in [0.15, 0.2) is 12.2 Å². The summed E-state index contributed by atoms with van der Waals surface area (Å²) in [6.07, 6.45) is 5.07. The predicted octanol–water partition coefficient (Wildman–Crippen LogP) is 4.86. The second kappa shape index (κ2) is 5.92. The van der Waals surface area contributed by atoms with E-state index in [9.17, 15) is 4.79 Å². The molecule has 0 aromatic carbocycles. The summed E-state index contributed by atoms with van der Waals surface area (Å²) in [4.78, 5) is 11.7. The Morgan fingerprint density at radius 2 is 1.58 bits per heavy atom. The van der Waals surface area contributed by atoms with Crippen LogP contribution >= 0.6 is 0 Å². The van der Waals surface area contributed by atoms with Crippen molar-refractivity contribution >= 4 is 14.1 Å². The molecule has 1 atom stereocenters. The summed E-state index contributed by atoms with van der Waals surface area (Å²) in [6, 6.07) is 0. The van der Waals surface area contributed by atoms with Crippen molar-refractivity contribution in [1.29, 1.82) is 0 Å². The number of ketones is 1. The molecule has 0 radical (unpaired) electrons. The Kier molecular flexibility index (Phi) is 5.19. The largest absolute Gasteiger partial charge is 0.410 e. The van der Waals surface area contributed by atoms with E-state index in [1.54, 1.807) is 6.08 Å². The molecule has 1 aliphatic carbocycles. The first kappa shape index (κ1) is 16.6. The summed E-state index contributed by atoms with van der Waals surface area (Å²) in [5, 5.41) is 0. The molecule has 3 heteroatoms. The summed E-state index contributed by atoms with van der Waals surface area (Å²) in [5.74, 6) is 0.202. The maximum atomic E-state index is 11.7. The van der Waals surface area contributed by atoms with E-state index in [-0.39, 0.29) is 11.4 Å². The Morgan fingerprint density at radius 3 is 1.95 bits per heavy atom. The lowest BCUT2D eigenvalue weighted by atomic mass is 9.91. The Balaban J connectivity index is 3.07. The van der Waals surface area contributed by atoms with Gasteiger partial charge in [0.2, 0.25) is 8.32 Å². The Bertz CT molecular complexity index is 336. The van der Waals surface area contributed by atoms with Crippen molar-refractivity contribution in [2.24, 2.45) is 0 Å². The van der Waals surface area contributed by atoms with Gasteiger partial charge in [-0.05, 0) is 36.0 Å². The average molecular weight is 282 g/mol. The van der Waals surface area contributed by atoms with Crippen molar-refractivity contribution in [3.8, 4) is 0 Å². The number of rotatable bonds is 5. The number of hydrogen-bond donors (Lipinski definition) is 0. The third kappa shape index (κ3) is 3.37. The number of allylic oxidation sites excluding steroid dienone is 1. The molecule has 1 unspecified atom stereocenters. The van der Waals surface area contributed by atoms with Crippen LogP contribution in [0.1, 0.15) is 61.3 Å². The molecule has 1 aliphatic rings. The molecule has 0 aromatic heterocycles. The van der Waals surface area contributed by atoms with Crippen LogP contribution in [0.4, 0.5) is 0 Å². The molecule has 0 bridgehead atoms. The molecular weight excluding hydrogens is 252 g/mol. The third-order valence-corrected chi connectivity index (χ3v) is 10.8. The highest BCUT2D eigenvalue weighted by molar-refractivity contribution is 6.77. The van der Waals surface area contributed by atoms with E-state index in [0.29, 0.717) is 23.0 Å². The van der Waals surface area contributed by atoms with Crippen LogP contribution < -0.4 is 0 Å². The maximum absolute atomic E-state index is 11.7. The number of carbonyl (C=O) groups is 1. The number of hydrogen-bond acceptors (Lipinski definition) is 2. The summed E-state index contributed by atoms with van der Waals surface area (Å²) in [5.41, 5.74) is 1.39. The van der Waals surface area contributed by atoms with Crippen molar-refractivity contribution in [2.75, 3.05) is 0 Å². The molecule has 0 saturated carbocycles. The first-order valence-corrected chi connectivity index (χ1v) is 9.67. The van der Waals surface area contributed by atoms with Gasteiger partial charge in [-0.2, -0.15) is 0 Å². The molecule has 0 aromatic rings. The van der Waals surface area contributed by atoms with Crippen LogP contribution in [0, 0.1) is 0 Å². The second-order valence-corrected chi connectivity index (χ2v) is 12.5. The summed E-state index contributed by atoms with van der Waals surface area (Å²) in [6.45, 7) is 15.8. The zero-order chi connectivity index (χ0) is 14.8. The molecule has 0 N–H and O–H groups in total. The van der Waals surface area contributed by atoms with Crippen LogP contribution in [-0.4, -0.2) is 19.7 Å². The van der Waals surface area contributed by atoms with E-state index >= 15 is 0 Å². The lowest BCUT2D eigenvalue weighted by Crippen LogP contribution is -2.54. The van der Waals surface area contributed by atoms with Gasteiger partial charge in [0, 0.05) is 6.42 Å². The molecular formula is C16H30O2Si. The van der Waals surface area contributed by atoms with E-state index in [2.05, 4.69) is 48.5 Å². The molecule has 0 fully saturated rings. The molecule has 2 nitrogen and oxygen atoms in total. The Morgan fingerprint density at radius 1 is 1.11 bits per heavy atom. The number of carbonyl (C=O) groups excluding carboxylic acids is 1. The second-order valence-electron chi connectivity index (χ2n) is 7.12. The average Bonchev–Trinajstić information content (AvgIpc) is 2.24. The van der Waals surface area contributed by atoms with Gasteiger partial charge in [0.25, 0.3) is 0 Å². The zero-order valence-electron chi connectivity index (χ0n) is 13.6. The molecule has 0 amide bonds. The lowest BCUT2D eigenvalue weighted by molar-refractivity contribution is -0.119. The van der Waals surface area contributed by atoms with E-state index in [1.807, 2.05) is 6.08 Å². The quantitative estimate of drug-likeness (QED) is 0.673. The molecule has 1 rings (SSSR count). The van der Waals surface area contributed by atoms with Gasteiger partial charge >= 0.3 is 0 Å². The van der Waals surface area contributed by atoms with Gasteiger partial charge in [-0.1, -0.05) is 47.6 Å². The van der Waals surface area contributed by atoms with Crippen molar-refractivity contribution < 1.29 is 9.22 Å². The molecule has 19 heavy (non-hydrogen) atoms. The SMILES string of the molecule is CC(C)[Si](OC1(C)CC=CC(=O)C1)(C(C)C)C(C)C. The van der Waals surface area contributed by atoms with E-state index < -0.39 is 8.32 Å². The predicted molar refractivity (Wildman–Crippen MR) is 83.9 cm³/mol. The van der Waals surface area contributed by atoms with Gasteiger partial charge in [0.05, 0.1) is 5.60 Å². The fourth-order valence-electron chi connectivity index (χ4n) is 3.80. The topological polar surface area (TPSA) is 26.3 Å². The third-order valence-electron chi connectivity index (χ3n) is 4.53. The Labute approximate surface area is 119 Å². The summed E-state index contributed by atoms with van der Waals surface area (Å²) < 4.78 is 6.79. The van der Waals surface area contributed by atoms with Crippen molar-refractivity contribution in [3.63, 3.8) is 0 Å². The van der Waals surface area contributed by atoms with Crippen molar-refractivity contribution in [3.05, 3.63) is 12.2 Å². The monoisotopic (exact) mass is 282 g/mol. The van der Waals surface area contributed by atoms with Crippen molar-refractivity contribution in [1.82, 2.24) is 0 Å². The maximum Gasteiger partial charge on any atom is 0.201 e. The van der Waals surface area contributed by atoms with Gasteiger partial charge in [0.15, 0.2) is 5.78 Å². The van der Waals surface area contributed by atoms with Crippen LogP contribution in [-0.2, 0) is 9.22 Å². The summed E-state index contributed by atoms with van der Waals surface area (Å²) >= 11 is 0. The highest BCUT2D eigenvalue weighted by atomic mass is 28.4. The minimum Gasteiger partial charge on any atom is -0.410 e. The van der Waals surface area contributed by atoms with Crippen LogP contribution in [0.5, 0.6) is 0 Å². The van der Waals surface area contributed by atoms with Gasteiger partial charge in [-0.3, -0.25) is 4.79 Å². The van der Waals surface area contributed by atoms with Crippen LogP contribution in [0.3, 0.4) is 0 Å². The molecule has 0 saturated heterocycles. The molecule has 110 valence electrons.